The molecule has 2 nitrogen and oxygen atoms in total. The fourth-order valence-electron chi connectivity index (χ4n) is 11.6. The highest BCUT2D eigenvalue weighted by molar-refractivity contribution is 6.10. The van der Waals surface area contributed by atoms with E-state index in [-0.39, 0.29) is 5.41 Å². The van der Waals surface area contributed by atoms with E-state index in [0.717, 1.165) is 22.7 Å². The summed E-state index contributed by atoms with van der Waals surface area (Å²) in [6, 6.07) is 75.4. The second-order valence-corrected chi connectivity index (χ2v) is 17.7. The summed E-state index contributed by atoms with van der Waals surface area (Å²) in [5.74, 6) is 0. The fraction of sp³-hybridized carbons (Fsp3) is 0.0847. The Balaban J connectivity index is 1.10. The lowest BCUT2D eigenvalue weighted by molar-refractivity contribution is 0.660. The first-order valence-electron chi connectivity index (χ1n) is 21.5. The molecule has 1 heterocycles. The maximum absolute atomic E-state index is 2.52. The van der Waals surface area contributed by atoms with Crippen molar-refractivity contribution >= 4 is 38.9 Å². The van der Waals surface area contributed by atoms with Gasteiger partial charge in [-0.05, 0) is 128 Å². The summed E-state index contributed by atoms with van der Waals surface area (Å²) < 4.78 is 2.43. The smallest absolute Gasteiger partial charge is 0.0726 e. The van der Waals surface area contributed by atoms with Gasteiger partial charge < -0.3 is 9.47 Å². The van der Waals surface area contributed by atoms with Gasteiger partial charge in [0, 0.05) is 38.9 Å². The first-order chi connectivity index (χ1) is 29.9. The number of para-hydroxylation sites is 2. The van der Waals surface area contributed by atoms with Gasteiger partial charge in [0.1, 0.15) is 0 Å². The molecule has 288 valence electrons. The van der Waals surface area contributed by atoms with Gasteiger partial charge in [-0.2, -0.15) is 0 Å². The molecule has 10 aromatic rings. The van der Waals surface area contributed by atoms with Crippen LogP contribution in [-0.2, 0) is 10.8 Å². The topological polar surface area (TPSA) is 8.17 Å². The second kappa shape index (κ2) is 12.3. The van der Waals surface area contributed by atoms with Crippen LogP contribution in [0.15, 0.2) is 200 Å². The highest BCUT2D eigenvalue weighted by Crippen LogP contribution is 2.63. The van der Waals surface area contributed by atoms with E-state index in [0.29, 0.717) is 0 Å². The minimum Gasteiger partial charge on any atom is -0.310 e. The molecule has 13 rings (SSSR count). The lowest BCUT2D eigenvalue weighted by Crippen LogP contribution is -2.26. The average Bonchev–Trinajstić information content (AvgIpc) is 3.96. The van der Waals surface area contributed by atoms with E-state index >= 15 is 0 Å². The quantitative estimate of drug-likeness (QED) is 0.173. The summed E-state index contributed by atoms with van der Waals surface area (Å²) in [4.78, 5) is 2.51. The Kier molecular flexibility index (Phi) is 6.95. The lowest BCUT2D eigenvalue weighted by atomic mass is 9.70. The van der Waals surface area contributed by atoms with Gasteiger partial charge >= 0.3 is 0 Å². The van der Waals surface area contributed by atoms with Crippen molar-refractivity contribution in [3.05, 3.63) is 239 Å². The van der Waals surface area contributed by atoms with Gasteiger partial charge in [0.25, 0.3) is 0 Å². The molecule has 0 saturated carbocycles. The predicted octanol–water partition coefficient (Wildman–Crippen LogP) is 15.2. The molecule has 0 aliphatic heterocycles. The zero-order chi connectivity index (χ0) is 40.6. The van der Waals surface area contributed by atoms with Crippen LogP contribution in [0.2, 0.25) is 0 Å². The standard InChI is InChI=1S/C59H42N2/c1-37-25-29-46-47-31-27-40(35-55(47)59(54(46)33-37)51-22-12-8-18-43(51)44-19-9-13-23-52(44)59)60(39-26-30-45-42-17-7-11-21-50(42)58(2,3)53(45)34-39)41-28-32-49-48-20-10-14-24-56(48)61(57(49)36-41)38-15-5-4-6-16-38/h4-36H,1-3H3. The van der Waals surface area contributed by atoms with Gasteiger partial charge in [-0.15, -0.1) is 0 Å². The van der Waals surface area contributed by atoms with E-state index in [1.54, 1.807) is 0 Å². The first-order valence-corrected chi connectivity index (χ1v) is 21.5. The van der Waals surface area contributed by atoms with Crippen LogP contribution in [-0.4, -0.2) is 4.57 Å². The number of benzene rings is 9. The van der Waals surface area contributed by atoms with Gasteiger partial charge in [0.2, 0.25) is 0 Å². The minimum absolute atomic E-state index is 0.143. The summed E-state index contributed by atoms with van der Waals surface area (Å²) in [6.07, 6.45) is 0. The number of aromatic nitrogens is 1. The van der Waals surface area contributed by atoms with Crippen molar-refractivity contribution in [3.63, 3.8) is 0 Å². The van der Waals surface area contributed by atoms with Crippen LogP contribution in [0.25, 0.3) is 60.9 Å². The Morgan fingerprint density at radius 3 is 1.54 bits per heavy atom. The van der Waals surface area contributed by atoms with Crippen molar-refractivity contribution in [3.8, 4) is 39.1 Å². The van der Waals surface area contributed by atoms with Crippen LogP contribution in [0.5, 0.6) is 0 Å². The number of rotatable bonds is 4. The largest absolute Gasteiger partial charge is 0.310 e. The van der Waals surface area contributed by atoms with Gasteiger partial charge in [0.05, 0.1) is 16.4 Å². The van der Waals surface area contributed by atoms with Gasteiger partial charge in [0.15, 0.2) is 0 Å². The second-order valence-electron chi connectivity index (χ2n) is 17.7. The molecule has 0 unspecified atom stereocenters. The van der Waals surface area contributed by atoms with Crippen molar-refractivity contribution in [2.24, 2.45) is 0 Å². The zero-order valence-corrected chi connectivity index (χ0v) is 34.4. The minimum atomic E-state index is -0.448. The molecule has 0 fully saturated rings. The summed E-state index contributed by atoms with van der Waals surface area (Å²) in [5, 5.41) is 2.49. The van der Waals surface area contributed by atoms with Crippen molar-refractivity contribution in [1.82, 2.24) is 4.57 Å². The molecular formula is C59H42N2. The Hall–Kier alpha value is -7.42. The zero-order valence-electron chi connectivity index (χ0n) is 34.4. The Bertz CT molecular complexity index is 3430. The maximum Gasteiger partial charge on any atom is 0.0726 e. The van der Waals surface area contributed by atoms with E-state index < -0.39 is 5.41 Å². The molecule has 3 aliphatic carbocycles. The summed E-state index contributed by atoms with van der Waals surface area (Å²) in [7, 11) is 0. The molecule has 2 heteroatoms. The van der Waals surface area contributed by atoms with E-state index in [9.17, 15) is 0 Å². The van der Waals surface area contributed by atoms with Crippen molar-refractivity contribution < 1.29 is 0 Å². The number of anilines is 3. The van der Waals surface area contributed by atoms with E-state index in [1.807, 2.05) is 0 Å². The summed E-state index contributed by atoms with van der Waals surface area (Å²) in [5.41, 5.74) is 23.7. The maximum atomic E-state index is 2.52. The van der Waals surface area contributed by atoms with Crippen LogP contribution in [0.1, 0.15) is 52.8 Å². The highest BCUT2D eigenvalue weighted by atomic mass is 15.1. The van der Waals surface area contributed by atoms with Crippen LogP contribution in [0.3, 0.4) is 0 Å². The number of aryl methyl sites for hydroxylation is 1. The molecule has 0 atom stereocenters. The summed E-state index contributed by atoms with van der Waals surface area (Å²) >= 11 is 0. The van der Waals surface area contributed by atoms with E-state index in [1.165, 1.54) is 94.1 Å². The number of fused-ring (bicyclic) bond motifs is 16. The normalized spacial score (nSPS) is 14.4. The molecule has 0 amide bonds. The molecule has 0 radical (unpaired) electrons. The third-order valence-electron chi connectivity index (χ3n) is 14.2. The molecule has 1 spiro atoms. The van der Waals surface area contributed by atoms with Gasteiger partial charge in [-0.25, -0.2) is 0 Å². The Morgan fingerprint density at radius 1 is 0.361 bits per heavy atom. The first kappa shape index (κ1) is 34.4. The third-order valence-corrected chi connectivity index (χ3v) is 14.2. The SMILES string of the molecule is Cc1ccc2c(c1)C1(c3ccccc3-c3ccccc31)c1cc(N(c3ccc4c(c3)C(C)(C)c3ccccc3-4)c3ccc4c5ccccc5n(-c5ccccc5)c4c3)ccc1-2. The van der Waals surface area contributed by atoms with Crippen LogP contribution < -0.4 is 4.90 Å². The van der Waals surface area contributed by atoms with Crippen LogP contribution >= 0.6 is 0 Å². The highest BCUT2D eigenvalue weighted by Gasteiger charge is 2.52. The van der Waals surface area contributed by atoms with Crippen molar-refractivity contribution in [2.75, 3.05) is 4.90 Å². The summed E-state index contributed by atoms with van der Waals surface area (Å²) in [6.45, 7) is 6.99. The van der Waals surface area contributed by atoms with Gasteiger partial charge in [-0.3, -0.25) is 0 Å². The third kappa shape index (κ3) is 4.52. The molecule has 0 bridgehead atoms. The van der Waals surface area contributed by atoms with Gasteiger partial charge in [-0.1, -0.05) is 165 Å². The molecule has 0 saturated heterocycles. The van der Waals surface area contributed by atoms with E-state index in [2.05, 4.69) is 230 Å². The number of nitrogens with zero attached hydrogens (tertiary/aromatic N) is 2. The molecule has 1 aromatic heterocycles. The molecule has 3 aliphatic rings. The van der Waals surface area contributed by atoms with Crippen molar-refractivity contribution in [2.45, 2.75) is 31.6 Å². The van der Waals surface area contributed by atoms with Crippen LogP contribution in [0, 0.1) is 6.92 Å². The Labute approximate surface area is 356 Å². The number of hydrogen-bond acceptors (Lipinski definition) is 1. The molecule has 0 N–H and O–H groups in total. The van der Waals surface area contributed by atoms with Crippen molar-refractivity contribution in [1.29, 1.82) is 0 Å². The number of hydrogen-bond donors (Lipinski definition) is 0. The van der Waals surface area contributed by atoms with Crippen LogP contribution in [0.4, 0.5) is 17.1 Å². The van der Waals surface area contributed by atoms with E-state index in [4.69, 9.17) is 0 Å². The Morgan fingerprint density at radius 2 is 0.836 bits per heavy atom. The average molecular weight is 779 g/mol. The lowest BCUT2D eigenvalue weighted by Gasteiger charge is -2.32. The monoisotopic (exact) mass is 778 g/mol. The predicted molar refractivity (Wildman–Crippen MR) is 254 cm³/mol. The fourth-order valence-corrected chi connectivity index (χ4v) is 11.6. The molecule has 61 heavy (non-hydrogen) atoms. The molecule has 9 aromatic carbocycles. The molecular weight excluding hydrogens is 737 g/mol.